The van der Waals surface area contributed by atoms with Gasteiger partial charge in [0, 0.05) is 18.8 Å². The Morgan fingerprint density at radius 3 is 2.77 bits per heavy atom. The van der Waals surface area contributed by atoms with Crippen molar-refractivity contribution in [1.29, 1.82) is 5.26 Å². The third-order valence-corrected chi connectivity index (χ3v) is 8.03. The van der Waals surface area contributed by atoms with Crippen LogP contribution in [0.4, 0.5) is 23.3 Å². The second-order valence-electron chi connectivity index (χ2n) is 9.90. The third-order valence-electron chi connectivity index (χ3n) is 6.68. The maximum atomic E-state index is 12.4. The van der Waals surface area contributed by atoms with E-state index in [0.29, 0.717) is 34.5 Å². The molecule has 0 spiro atoms. The van der Waals surface area contributed by atoms with Crippen LogP contribution in [0.15, 0.2) is 36.5 Å². The van der Waals surface area contributed by atoms with Gasteiger partial charge in [-0.25, -0.2) is 9.97 Å². The number of anilines is 4. The van der Waals surface area contributed by atoms with E-state index in [2.05, 4.69) is 55.7 Å². The fourth-order valence-electron chi connectivity index (χ4n) is 5.14. The predicted octanol–water partition coefficient (Wildman–Crippen LogP) is 4.73. The number of benzene rings is 1. The summed E-state index contributed by atoms with van der Waals surface area (Å²) in [5, 5.41) is 16.1. The van der Waals surface area contributed by atoms with Crippen molar-refractivity contribution in [3.63, 3.8) is 0 Å². The summed E-state index contributed by atoms with van der Waals surface area (Å²) in [7, 11) is -0.325. The van der Waals surface area contributed by atoms with Crippen molar-refractivity contribution < 1.29 is 4.57 Å². The number of nitriles is 1. The van der Waals surface area contributed by atoms with Crippen molar-refractivity contribution in [2.45, 2.75) is 38.1 Å². The Morgan fingerprint density at radius 1 is 1.14 bits per heavy atom. The predicted molar refractivity (Wildman–Crippen MR) is 140 cm³/mol. The first-order valence-electron chi connectivity index (χ1n) is 12.0. The summed E-state index contributed by atoms with van der Waals surface area (Å²) in [5.74, 6) is 1.85. The fraction of sp³-hybridized carbons (Fsp3) is 0.385. The number of hydrogen-bond donors (Lipinski definition) is 2. The molecule has 0 amide bonds. The zero-order valence-corrected chi connectivity index (χ0v) is 21.3. The molecule has 0 unspecified atom stereocenters. The van der Waals surface area contributed by atoms with Gasteiger partial charge in [0.25, 0.3) is 0 Å². The molecule has 0 fully saturated rings. The number of rotatable bonds is 5. The summed E-state index contributed by atoms with van der Waals surface area (Å²) in [4.78, 5) is 15.8. The first-order chi connectivity index (χ1) is 16.8. The highest BCUT2D eigenvalue weighted by atomic mass is 31.2. The molecule has 0 radical (unpaired) electrons. The van der Waals surface area contributed by atoms with Crippen LogP contribution in [0.25, 0.3) is 0 Å². The number of hydrogen-bond acceptors (Lipinski definition) is 8. The van der Waals surface area contributed by atoms with Crippen LogP contribution in [0.2, 0.25) is 0 Å². The molecule has 1 aromatic carbocycles. The second-order valence-corrected chi connectivity index (χ2v) is 13.1. The average molecular weight is 488 g/mol. The highest BCUT2D eigenvalue weighted by molar-refractivity contribution is 7.69. The van der Waals surface area contributed by atoms with E-state index in [9.17, 15) is 9.83 Å². The Bertz CT molecular complexity index is 1360. The third kappa shape index (κ3) is 5.07. The van der Waals surface area contributed by atoms with Crippen LogP contribution in [0.5, 0.6) is 0 Å². The Hall–Kier alpha value is -3.27. The van der Waals surface area contributed by atoms with Crippen LogP contribution in [0.3, 0.4) is 0 Å². The van der Waals surface area contributed by atoms with Gasteiger partial charge in [-0.1, -0.05) is 12.5 Å². The summed E-state index contributed by atoms with van der Waals surface area (Å²) in [5.41, 5.74) is 6.14. The monoisotopic (exact) mass is 487 g/mol. The van der Waals surface area contributed by atoms with E-state index in [1.165, 1.54) is 36.6 Å². The van der Waals surface area contributed by atoms with Gasteiger partial charge in [0.2, 0.25) is 5.95 Å². The lowest BCUT2D eigenvalue weighted by molar-refractivity contribution is 0.274. The van der Waals surface area contributed by atoms with Gasteiger partial charge in [-0.3, -0.25) is 0 Å². The maximum absolute atomic E-state index is 12.4. The van der Waals surface area contributed by atoms with Gasteiger partial charge in [-0.05, 0) is 86.5 Å². The second kappa shape index (κ2) is 9.41. The number of nitrogens with one attached hydrogen (secondary N) is 2. The van der Waals surface area contributed by atoms with E-state index in [1.807, 2.05) is 0 Å². The molecule has 8 nitrogen and oxygen atoms in total. The number of nitrogens with zero attached hydrogens (tertiary/aromatic N) is 5. The molecule has 9 heteroatoms. The van der Waals surface area contributed by atoms with Crippen LogP contribution < -0.4 is 16.1 Å². The molecule has 0 bridgehead atoms. The molecule has 2 N–H and O–H groups in total. The topological polar surface area (TPSA) is 107 Å². The minimum atomic E-state index is -2.51. The van der Waals surface area contributed by atoms with Crippen molar-refractivity contribution >= 4 is 35.8 Å². The molecule has 180 valence electrons. The lowest BCUT2D eigenvalue weighted by Gasteiger charge is -2.33. The number of aryl methyl sites for hydroxylation is 1. The lowest BCUT2D eigenvalue weighted by Crippen LogP contribution is -2.30. The summed E-state index contributed by atoms with van der Waals surface area (Å²) in [6.07, 6.45) is 6.34. The van der Waals surface area contributed by atoms with E-state index < -0.39 is 7.14 Å². The van der Waals surface area contributed by atoms with Gasteiger partial charge in [0.05, 0.1) is 6.20 Å². The molecule has 35 heavy (non-hydrogen) atoms. The van der Waals surface area contributed by atoms with Crippen LogP contribution in [0, 0.1) is 11.3 Å². The molecule has 2 aliphatic rings. The standard InChI is InChI=1S/C26H30N7OP/c1-33-15-18-8-5-4-7-17-11-21(12-19(16-33)24(17)18)29-26-28-14-20(13-27)25(32-26)31-22-9-6-10-23(30-22)35(2,3)34/h6,9-12,14,18H,4-5,7-8,15-16H2,1-3H3,(H2,28,29,30,31,32)/t18-/m0/s1. The summed E-state index contributed by atoms with van der Waals surface area (Å²) in [6.45, 7) is 5.43. The smallest absolute Gasteiger partial charge is 0.229 e. The fourth-order valence-corrected chi connectivity index (χ4v) is 5.93. The normalized spacial score (nSPS) is 17.7. The molecule has 2 aromatic heterocycles. The Kier molecular flexibility index (Phi) is 6.31. The Morgan fingerprint density at radius 2 is 1.97 bits per heavy atom. The van der Waals surface area contributed by atoms with Crippen molar-refractivity contribution in [3.8, 4) is 6.07 Å². The average Bonchev–Trinajstić information content (AvgIpc) is 3.01. The van der Waals surface area contributed by atoms with Gasteiger partial charge < -0.3 is 20.1 Å². The summed E-state index contributed by atoms with van der Waals surface area (Å²) >= 11 is 0. The Balaban J connectivity index is 1.45. The molecule has 5 rings (SSSR count). The van der Waals surface area contributed by atoms with Crippen LogP contribution in [-0.2, 0) is 17.5 Å². The minimum Gasteiger partial charge on any atom is -0.324 e. The van der Waals surface area contributed by atoms with E-state index in [0.717, 1.165) is 25.2 Å². The summed E-state index contributed by atoms with van der Waals surface area (Å²) in [6, 6.07) is 11.9. The Labute approximate surface area is 206 Å². The van der Waals surface area contributed by atoms with Gasteiger partial charge in [-0.15, -0.1) is 0 Å². The molecule has 3 aromatic rings. The van der Waals surface area contributed by atoms with Crippen molar-refractivity contribution in [3.05, 3.63) is 58.8 Å². The van der Waals surface area contributed by atoms with E-state index >= 15 is 0 Å². The van der Waals surface area contributed by atoms with Crippen molar-refractivity contribution in [2.24, 2.45) is 0 Å². The molecule has 0 saturated carbocycles. The largest absolute Gasteiger partial charge is 0.324 e. The quantitative estimate of drug-likeness (QED) is 0.498. The van der Waals surface area contributed by atoms with Gasteiger partial charge in [0.15, 0.2) is 5.82 Å². The molecule has 3 heterocycles. The maximum Gasteiger partial charge on any atom is 0.229 e. The molecule has 1 atom stereocenters. The molecule has 1 aliphatic heterocycles. The zero-order chi connectivity index (χ0) is 24.6. The number of aromatic nitrogens is 3. The highest BCUT2D eigenvalue weighted by Gasteiger charge is 2.28. The SMILES string of the molecule is CN1Cc2cc(Nc3ncc(C#N)c(Nc4cccc(P(C)(C)=O)n4)n3)cc3c2[C@@H](CCCC3)C1. The molecular formula is C26H30N7OP. The van der Waals surface area contributed by atoms with Crippen LogP contribution in [0.1, 0.15) is 47.4 Å². The number of pyridine rings is 1. The van der Waals surface area contributed by atoms with E-state index in [-0.39, 0.29) is 0 Å². The first kappa shape index (κ1) is 23.5. The van der Waals surface area contributed by atoms with Crippen LogP contribution in [-0.4, -0.2) is 46.8 Å². The van der Waals surface area contributed by atoms with Crippen LogP contribution >= 0.6 is 7.14 Å². The lowest BCUT2D eigenvalue weighted by atomic mass is 9.84. The van der Waals surface area contributed by atoms with E-state index in [1.54, 1.807) is 37.1 Å². The molecule has 1 aliphatic carbocycles. The zero-order valence-electron chi connectivity index (χ0n) is 20.4. The van der Waals surface area contributed by atoms with Gasteiger partial charge >= 0.3 is 0 Å². The molecular weight excluding hydrogens is 457 g/mol. The van der Waals surface area contributed by atoms with Crippen molar-refractivity contribution in [1.82, 2.24) is 19.9 Å². The van der Waals surface area contributed by atoms with Gasteiger partial charge in [-0.2, -0.15) is 10.2 Å². The van der Waals surface area contributed by atoms with E-state index in [4.69, 9.17) is 0 Å². The molecule has 0 saturated heterocycles. The van der Waals surface area contributed by atoms with Gasteiger partial charge in [0.1, 0.15) is 30.0 Å². The van der Waals surface area contributed by atoms with Crippen molar-refractivity contribution in [2.75, 3.05) is 37.6 Å². The minimum absolute atomic E-state index is 0.306. The number of likely N-dealkylation sites (N-methyl/N-ethyl adjacent to an activating group) is 1. The first-order valence-corrected chi connectivity index (χ1v) is 14.6. The summed E-state index contributed by atoms with van der Waals surface area (Å²) < 4.78 is 12.4. The highest BCUT2D eigenvalue weighted by Crippen LogP contribution is 2.39.